The number of ether oxygens (including phenoxy) is 4. The van der Waals surface area contributed by atoms with Gasteiger partial charge in [-0.1, -0.05) is 6.08 Å². The van der Waals surface area contributed by atoms with E-state index in [4.69, 9.17) is 18.9 Å². The molecule has 1 heterocycles. The summed E-state index contributed by atoms with van der Waals surface area (Å²) in [5, 5.41) is 20.5. The van der Waals surface area contributed by atoms with Gasteiger partial charge in [-0.15, -0.1) is 0 Å². The molecule has 1 aliphatic rings. The Hall–Kier alpha value is -2.72. The molecule has 0 aliphatic carbocycles. The number of aliphatic hydroxyl groups is 2. The van der Waals surface area contributed by atoms with Crippen molar-refractivity contribution in [2.24, 2.45) is 0 Å². The van der Waals surface area contributed by atoms with Gasteiger partial charge in [-0.2, -0.15) is 0 Å². The summed E-state index contributed by atoms with van der Waals surface area (Å²) in [7, 11) is 0. The standard InChI is InChI=1S/C18H24O10/c1-9(25-10(2)19)14(26-11(3)20)6-5-13(22)17(24)18-15(27-12(4)21)7-8-16(23)28-18/h5-9,13-15,17-18,22,24H,1-4H3. The monoisotopic (exact) mass is 400 g/mol. The van der Waals surface area contributed by atoms with E-state index >= 15 is 0 Å². The molecule has 0 aromatic carbocycles. The molecule has 1 aliphatic heterocycles. The van der Waals surface area contributed by atoms with Crippen LogP contribution in [0.1, 0.15) is 27.7 Å². The topological polar surface area (TPSA) is 146 Å². The van der Waals surface area contributed by atoms with E-state index in [-0.39, 0.29) is 0 Å². The summed E-state index contributed by atoms with van der Waals surface area (Å²) < 4.78 is 19.9. The quantitative estimate of drug-likeness (QED) is 0.312. The Morgan fingerprint density at radius 3 is 2.21 bits per heavy atom. The first-order valence-corrected chi connectivity index (χ1v) is 8.46. The van der Waals surface area contributed by atoms with Crippen LogP contribution in [0.3, 0.4) is 0 Å². The van der Waals surface area contributed by atoms with Crippen molar-refractivity contribution >= 4 is 23.9 Å². The Labute approximate surface area is 161 Å². The second-order valence-electron chi connectivity index (χ2n) is 6.09. The number of hydrogen-bond donors (Lipinski definition) is 2. The number of hydrogen-bond acceptors (Lipinski definition) is 10. The summed E-state index contributed by atoms with van der Waals surface area (Å²) in [6, 6.07) is 0. The van der Waals surface area contributed by atoms with Crippen LogP contribution in [-0.4, -0.2) is 70.7 Å². The second-order valence-corrected chi connectivity index (χ2v) is 6.09. The summed E-state index contributed by atoms with van der Waals surface area (Å²) >= 11 is 0. The Morgan fingerprint density at radius 1 is 1.07 bits per heavy atom. The van der Waals surface area contributed by atoms with Crippen LogP contribution in [0.15, 0.2) is 24.3 Å². The van der Waals surface area contributed by atoms with Crippen molar-refractivity contribution in [3.63, 3.8) is 0 Å². The smallest absolute Gasteiger partial charge is 0.331 e. The Kier molecular flexibility index (Phi) is 8.80. The SMILES string of the molecule is CC(=O)OC(C)C(C=CC(O)C(O)C1OC(=O)C=CC1OC(C)=O)OC(C)=O. The molecule has 10 nitrogen and oxygen atoms in total. The molecule has 0 aromatic rings. The van der Waals surface area contributed by atoms with Gasteiger partial charge in [-0.05, 0) is 19.1 Å². The molecule has 0 amide bonds. The van der Waals surface area contributed by atoms with E-state index in [2.05, 4.69) is 0 Å². The van der Waals surface area contributed by atoms with Crippen molar-refractivity contribution in [2.75, 3.05) is 0 Å². The Morgan fingerprint density at radius 2 is 1.68 bits per heavy atom. The van der Waals surface area contributed by atoms with Gasteiger partial charge < -0.3 is 29.2 Å². The molecule has 10 heteroatoms. The summed E-state index contributed by atoms with van der Waals surface area (Å²) in [5.41, 5.74) is 0. The highest BCUT2D eigenvalue weighted by atomic mass is 16.6. The lowest BCUT2D eigenvalue weighted by atomic mass is 9.99. The van der Waals surface area contributed by atoms with E-state index in [9.17, 15) is 29.4 Å². The van der Waals surface area contributed by atoms with Gasteiger partial charge in [0.15, 0.2) is 18.3 Å². The third kappa shape index (κ3) is 7.49. The molecule has 0 aromatic heterocycles. The van der Waals surface area contributed by atoms with E-state index < -0.39 is 60.5 Å². The van der Waals surface area contributed by atoms with Crippen LogP contribution in [0.5, 0.6) is 0 Å². The van der Waals surface area contributed by atoms with Gasteiger partial charge in [0.05, 0.1) is 0 Å². The van der Waals surface area contributed by atoms with Gasteiger partial charge >= 0.3 is 23.9 Å². The predicted octanol–water partition coefficient (Wildman–Crippen LogP) is -0.439. The third-order valence-electron chi connectivity index (χ3n) is 3.60. The second kappa shape index (κ2) is 10.6. The van der Waals surface area contributed by atoms with Crippen LogP contribution in [-0.2, 0) is 38.1 Å². The van der Waals surface area contributed by atoms with Gasteiger partial charge in [0.1, 0.15) is 18.3 Å². The van der Waals surface area contributed by atoms with Gasteiger partial charge in [0.2, 0.25) is 0 Å². The molecule has 6 unspecified atom stereocenters. The van der Waals surface area contributed by atoms with E-state index in [0.29, 0.717) is 0 Å². The normalized spacial score (nSPS) is 23.3. The molecule has 0 fully saturated rings. The van der Waals surface area contributed by atoms with Crippen LogP contribution in [0.2, 0.25) is 0 Å². The molecule has 0 saturated carbocycles. The van der Waals surface area contributed by atoms with Crippen molar-refractivity contribution in [1.29, 1.82) is 0 Å². The van der Waals surface area contributed by atoms with Crippen LogP contribution in [0.4, 0.5) is 0 Å². The third-order valence-corrected chi connectivity index (χ3v) is 3.60. The molecule has 156 valence electrons. The van der Waals surface area contributed by atoms with Gasteiger partial charge in [-0.25, -0.2) is 4.79 Å². The lowest BCUT2D eigenvalue weighted by molar-refractivity contribution is -0.175. The average Bonchev–Trinajstić information content (AvgIpc) is 2.57. The number of carbonyl (C=O) groups is 4. The fraction of sp³-hybridized carbons (Fsp3) is 0.556. The van der Waals surface area contributed by atoms with Crippen molar-refractivity contribution < 1.29 is 48.3 Å². The highest BCUT2D eigenvalue weighted by Crippen LogP contribution is 2.19. The van der Waals surface area contributed by atoms with E-state index in [0.717, 1.165) is 26.0 Å². The number of aliphatic hydroxyl groups excluding tert-OH is 2. The highest BCUT2D eigenvalue weighted by molar-refractivity contribution is 5.83. The molecule has 0 radical (unpaired) electrons. The minimum Gasteiger partial charge on any atom is -0.459 e. The highest BCUT2D eigenvalue weighted by Gasteiger charge is 2.38. The number of rotatable bonds is 8. The zero-order valence-electron chi connectivity index (χ0n) is 15.9. The average molecular weight is 400 g/mol. The fourth-order valence-corrected chi connectivity index (χ4v) is 2.43. The maximum atomic E-state index is 11.4. The van der Waals surface area contributed by atoms with Crippen LogP contribution in [0, 0.1) is 0 Å². The van der Waals surface area contributed by atoms with Gasteiger partial charge in [-0.3, -0.25) is 14.4 Å². The van der Waals surface area contributed by atoms with Crippen LogP contribution >= 0.6 is 0 Å². The van der Waals surface area contributed by atoms with Crippen molar-refractivity contribution in [3.8, 4) is 0 Å². The predicted molar refractivity (Wildman–Crippen MR) is 92.5 cm³/mol. The number of cyclic esters (lactones) is 1. The zero-order chi connectivity index (χ0) is 21.4. The molecule has 1 rings (SSSR count). The summed E-state index contributed by atoms with van der Waals surface area (Å²) in [6.45, 7) is 4.96. The molecule has 0 bridgehead atoms. The molecule has 0 saturated heterocycles. The first kappa shape index (κ1) is 23.3. The summed E-state index contributed by atoms with van der Waals surface area (Å²) in [4.78, 5) is 44.9. The van der Waals surface area contributed by atoms with E-state index in [1.807, 2.05) is 0 Å². The molecular formula is C18H24O10. The van der Waals surface area contributed by atoms with E-state index in [1.54, 1.807) is 0 Å². The minimum absolute atomic E-state index is 0.594. The zero-order valence-corrected chi connectivity index (χ0v) is 15.9. The van der Waals surface area contributed by atoms with E-state index in [1.165, 1.54) is 26.0 Å². The largest absolute Gasteiger partial charge is 0.459 e. The minimum atomic E-state index is -1.66. The first-order valence-electron chi connectivity index (χ1n) is 8.46. The molecule has 6 atom stereocenters. The maximum absolute atomic E-state index is 11.4. The van der Waals surface area contributed by atoms with Crippen LogP contribution < -0.4 is 0 Å². The Balaban J connectivity index is 2.90. The number of esters is 4. The fourth-order valence-electron chi connectivity index (χ4n) is 2.43. The molecular weight excluding hydrogens is 376 g/mol. The molecule has 28 heavy (non-hydrogen) atoms. The lowest BCUT2D eigenvalue weighted by Gasteiger charge is -2.31. The van der Waals surface area contributed by atoms with Crippen molar-refractivity contribution in [2.45, 2.75) is 64.3 Å². The van der Waals surface area contributed by atoms with Gasteiger partial charge in [0.25, 0.3) is 0 Å². The van der Waals surface area contributed by atoms with Gasteiger partial charge in [0, 0.05) is 26.8 Å². The Bertz CT molecular complexity index is 653. The molecule has 2 N–H and O–H groups in total. The first-order chi connectivity index (χ1) is 13.0. The van der Waals surface area contributed by atoms with Crippen molar-refractivity contribution in [1.82, 2.24) is 0 Å². The summed E-state index contributed by atoms with van der Waals surface area (Å²) in [5.74, 6) is -2.68. The lowest BCUT2D eigenvalue weighted by Crippen LogP contribution is -2.49. The molecule has 0 spiro atoms. The van der Waals surface area contributed by atoms with Crippen LogP contribution in [0.25, 0.3) is 0 Å². The van der Waals surface area contributed by atoms with Crippen molar-refractivity contribution in [3.05, 3.63) is 24.3 Å². The number of carbonyl (C=O) groups excluding carboxylic acids is 4. The maximum Gasteiger partial charge on any atom is 0.331 e. The summed E-state index contributed by atoms with van der Waals surface area (Å²) in [6.07, 6.45) is -2.96.